The number of hydrogen-bond acceptors (Lipinski definition) is 11. The molecule has 3 aliphatic carbocycles. The fraction of sp³-hybridized carbons (Fsp3) is 0.621. The topological polar surface area (TPSA) is 180 Å². The van der Waals surface area contributed by atoms with E-state index < -0.39 is 88.9 Å². The molecule has 11 heteroatoms. The van der Waals surface area contributed by atoms with Crippen LogP contribution < -0.4 is 0 Å². The monoisotopic (exact) mass is 560 g/mol. The highest BCUT2D eigenvalue weighted by Gasteiger charge is 2.86. The third-order valence-electron chi connectivity index (χ3n) is 10.2. The number of rotatable bonds is 4. The van der Waals surface area contributed by atoms with Gasteiger partial charge < -0.3 is 39.7 Å². The summed E-state index contributed by atoms with van der Waals surface area (Å²) in [4.78, 5) is 39.3. The number of fused-ring (bicyclic) bond motifs is 2. The van der Waals surface area contributed by atoms with Crippen LogP contribution in [0.2, 0.25) is 0 Å². The summed E-state index contributed by atoms with van der Waals surface area (Å²) >= 11 is 0. The van der Waals surface area contributed by atoms with Crippen LogP contribution in [0, 0.1) is 16.7 Å². The second kappa shape index (κ2) is 8.83. The average molecular weight is 561 g/mol. The van der Waals surface area contributed by atoms with Gasteiger partial charge in [-0.15, -0.1) is 0 Å². The van der Waals surface area contributed by atoms with Gasteiger partial charge >= 0.3 is 17.9 Å². The second-order valence-corrected chi connectivity index (χ2v) is 12.4. The normalized spacial score (nSPS) is 43.4. The van der Waals surface area contributed by atoms with Crippen molar-refractivity contribution in [3.63, 3.8) is 0 Å². The molecule has 9 atom stereocenters. The van der Waals surface area contributed by atoms with Gasteiger partial charge in [-0.2, -0.15) is 0 Å². The molecule has 1 aromatic carbocycles. The quantitative estimate of drug-likeness (QED) is 0.195. The summed E-state index contributed by atoms with van der Waals surface area (Å²) in [5.41, 5.74) is -9.68. The molecule has 5 N–H and O–H groups in total. The minimum Gasteiger partial charge on any atom is -0.463 e. The Morgan fingerprint density at radius 1 is 1.05 bits per heavy atom. The van der Waals surface area contributed by atoms with E-state index in [1.165, 1.54) is 19.1 Å². The van der Waals surface area contributed by atoms with Crippen molar-refractivity contribution in [3.05, 3.63) is 47.0 Å². The summed E-state index contributed by atoms with van der Waals surface area (Å²) < 4.78 is 17.2. The zero-order chi connectivity index (χ0) is 29.6. The zero-order valence-electron chi connectivity index (χ0n) is 23.1. The van der Waals surface area contributed by atoms with Crippen molar-refractivity contribution in [2.24, 2.45) is 16.7 Å². The van der Waals surface area contributed by atoms with Gasteiger partial charge in [0.05, 0.1) is 29.3 Å². The Bertz CT molecular complexity index is 1290. The largest absolute Gasteiger partial charge is 0.463 e. The molecule has 4 aliphatic rings. The Morgan fingerprint density at radius 2 is 1.68 bits per heavy atom. The molecule has 0 unspecified atom stereocenters. The molecule has 1 aliphatic heterocycles. The van der Waals surface area contributed by atoms with Gasteiger partial charge in [0, 0.05) is 24.7 Å². The number of esters is 3. The first-order valence-corrected chi connectivity index (χ1v) is 13.3. The van der Waals surface area contributed by atoms with Crippen LogP contribution in [0.5, 0.6) is 0 Å². The molecular formula is C29H36O11. The standard InChI is InChI=1S/C29H36O11/c1-14-17(31)12-27-20(14)29(37,24(35)40-25(27,3)4)26(5)18(32)11-19(33)28(36,13-38-15(2)30)21(26)22(27)39-23(34)16-9-7-6-8-10-16/h6-10,17-19,21-22,31-33,36-37H,11-13H2,1-5H3/t17-,18-,19-,21-,22-,26+,27+,28-,29-/m0/s1. The van der Waals surface area contributed by atoms with Crippen LogP contribution in [0.4, 0.5) is 0 Å². The SMILES string of the molecule is CC(=O)OC[C@@]1(O)[C@H]2[C@H](OC(=O)c3ccccc3)[C@@]34C[C@H](O)C(C)=C3[C@](O)(C(=O)OC4(C)C)[C@]2(C)[C@@H](O)C[C@@H]1O. The van der Waals surface area contributed by atoms with E-state index in [2.05, 4.69) is 0 Å². The van der Waals surface area contributed by atoms with Crippen molar-refractivity contribution in [2.45, 2.75) is 88.7 Å². The minimum absolute atomic E-state index is 0.0589. The highest BCUT2D eigenvalue weighted by Crippen LogP contribution is 2.74. The zero-order valence-corrected chi connectivity index (χ0v) is 23.1. The third kappa shape index (κ3) is 3.32. The van der Waals surface area contributed by atoms with E-state index in [1.54, 1.807) is 39.0 Å². The molecule has 40 heavy (non-hydrogen) atoms. The van der Waals surface area contributed by atoms with Crippen molar-refractivity contribution in [3.8, 4) is 0 Å². The van der Waals surface area contributed by atoms with Crippen LogP contribution in [0.3, 0.4) is 0 Å². The molecule has 2 bridgehead atoms. The molecule has 3 fully saturated rings. The van der Waals surface area contributed by atoms with Gasteiger partial charge in [-0.25, -0.2) is 9.59 Å². The molecule has 0 radical (unpaired) electrons. The van der Waals surface area contributed by atoms with E-state index >= 15 is 0 Å². The molecule has 11 nitrogen and oxygen atoms in total. The van der Waals surface area contributed by atoms with Crippen LogP contribution in [0.1, 0.15) is 57.8 Å². The lowest BCUT2D eigenvalue weighted by molar-refractivity contribution is -0.340. The lowest BCUT2D eigenvalue weighted by atomic mass is 9.38. The summed E-state index contributed by atoms with van der Waals surface area (Å²) in [5.74, 6) is -4.28. The van der Waals surface area contributed by atoms with Crippen LogP contribution >= 0.6 is 0 Å². The fourth-order valence-corrected chi connectivity index (χ4v) is 8.07. The lowest BCUT2D eigenvalue weighted by Crippen LogP contribution is -2.85. The van der Waals surface area contributed by atoms with E-state index in [4.69, 9.17) is 14.2 Å². The molecular weight excluding hydrogens is 524 g/mol. The first kappa shape index (κ1) is 28.7. The predicted molar refractivity (Wildman–Crippen MR) is 136 cm³/mol. The summed E-state index contributed by atoms with van der Waals surface area (Å²) in [6.07, 6.45) is -6.69. The molecule has 2 saturated carbocycles. The van der Waals surface area contributed by atoms with Gasteiger partial charge in [0.1, 0.15) is 23.9 Å². The molecule has 218 valence electrons. The van der Waals surface area contributed by atoms with E-state index in [9.17, 15) is 39.9 Å². The summed E-state index contributed by atoms with van der Waals surface area (Å²) in [6.45, 7) is 6.35. The molecule has 5 rings (SSSR count). The maximum Gasteiger partial charge on any atom is 0.343 e. The average Bonchev–Trinajstić information content (AvgIpc) is 3.17. The van der Waals surface area contributed by atoms with E-state index in [0.717, 1.165) is 6.92 Å². The van der Waals surface area contributed by atoms with Gasteiger partial charge in [-0.1, -0.05) is 25.1 Å². The number of carbonyl (C=O) groups excluding carboxylic acids is 3. The third-order valence-corrected chi connectivity index (χ3v) is 10.2. The fourth-order valence-electron chi connectivity index (χ4n) is 8.07. The number of ether oxygens (including phenoxy) is 3. The van der Waals surface area contributed by atoms with Crippen LogP contribution in [0.15, 0.2) is 41.5 Å². The highest BCUT2D eigenvalue weighted by atomic mass is 16.6. The van der Waals surface area contributed by atoms with Crippen LogP contribution in [0.25, 0.3) is 0 Å². The van der Waals surface area contributed by atoms with Gasteiger partial charge in [0.2, 0.25) is 0 Å². The van der Waals surface area contributed by atoms with Crippen molar-refractivity contribution in [1.82, 2.24) is 0 Å². The van der Waals surface area contributed by atoms with Gasteiger partial charge in [-0.3, -0.25) is 4.79 Å². The highest BCUT2D eigenvalue weighted by molar-refractivity contribution is 5.91. The molecule has 0 aromatic heterocycles. The lowest BCUT2D eigenvalue weighted by Gasteiger charge is -2.71. The van der Waals surface area contributed by atoms with E-state index in [-0.39, 0.29) is 23.1 Å². The van der Waals surface area contributed by atoms with Crippen molar-refractivity contribution >= 4 is 17.9 Å². The van der Waals surface area contributed by atoms with E-state index in [1.807, 2.05) is 0 Å². The number of carbonyl (C=O) groups is 3. The maximum absolute atomic E-state index is 13.8. The predicted octanol–water partition coefficient (Wildman–Crippen LogP) is 0.402. The number of benzene rings is 1. The van der Waals surface area contributed by atoms with Crippen LogP contribution in [-0.2, 0) is 23.8 Å². The number of aliphatic hydroxyl groups is 5. The van der Waals surface area contributed by atoms with Crippen molar-refractivity contribution in [1.29, 1.82) is 0 Å². The smallest absolute Gasteiger partial charge is 0.343 e. The Kier molecular flexibility index (Phi) is 6.34. The summed E-state index contributed by atoms with van der Waals surface area (Å²) in [5, 5.41) is 58.7. The van der Waals surface area contributed by atoms with Gasteiger partial charge in [-0.05, 0) is 50.5 Å². The van der Waals surface area contributed by atoms with Gasteiger partial charge in [0.25, 0.3) is 0 Å². The van der Waals surface area contributed by atoms with Crippen molar-refractivity contribution < 1.29 is 54.1 Å². The molecule has 1 aromatic rings. The minimum atomic E-state index is -2.60. The van der Waals surface area contributed by atoms with Crippen LogP contribution in [-0.4, -0.2) is 91.3 Å². The Hall–Kier alpha value is -2.83. The number of hydrogen-bond donors (Lipinski definition) is 5. The molecule has 0 amide bonds. The summed E-state index contributed by atoms with van der Waals surface area (Å²) in [6, 6.07) is 8.01. The number of cyclic esters (lactones) is 1. The number of aliphatic hydroxyl groups excluding tert-OH is 3. The molecule has 0 spiro atoms. The second-order valence-electron chi connectivity index (χ2n) is 12.4. The van der Waals surface area contributed by atoms with E-state index in [0.29, 0.717) is 0 Å². The van der Waals surface area contributed by atoms with Crippen molar-refractivity contribution in [2.75, 3.05) is 6.61 Å². The van der Waals surface area contributed by atoms with Gasteiger partial charge in [0.15, 0.2) is 5.60 Å². The first-order valence-electron chi connectivity index (χ1n) is 13.3. The maximum atomic E-state index is 13.8. The Morgan fingerprint density at radius 3 is 2.27 bits per heavy atom. The summed E-state index contributed by atoms with van der Waals surface area (Å²) in [7, 11) is 0. The Balaban J connectivity index is 1.85. The molecule has 1 saturated heterocycles. The first-order chi connectivity index (χ1) is 18.5. The Labute approximate surface area is 231 Å². The molecule has 1 heterocycles.